The summed E-state index contributed by atoms with van der Waals surface area (Å²) in [6.45, 7) is 3.61. The van der Waals surface area contributed by atoms with Crippen LogP contribution in [0.1, 0.15) is 55.6 Å². The number of nitrogens with zero attached hydrogens (tertiary/aromatic N) is 2. The van der Waals surface area contributed by atoms with Gasteiger partial charge in [-0.2, -0.15) is 0 Å². The van der Waals surface area contributed by atoms with E-state index in [0.29, 0.717) is 44.6 Å². The molecular formula is C30H22N2O5S. The summed E-state index contributed by atoms with van der Waals surface area (Å²) in [6, 6.07) is 23.2. The number of para-hydroxylation sites is 1. The van der Waals surface area contributed by atoms with Gasteiger partial charge in [0.2, 0.25) is 5.76 Å². The number of benzene rings is 3. The highest BCUT2D eigenvalue weighted by atomic mass is 32.1. The first-order chi connectivity index (χ1) is 18.4. The van der Waals surface area contributed by atoms with Gasteiger partial charge in [0, 0.05) is 6.92 Å². The summed E-state index contributed by atoms with van der Waals surface area (Å²) in [4.78, 5) is 46.1. The molecule has 1 aliphatic rings. The molecule has 1 aliphatic heterocycles. The Balaban J connectivity index is 1.45. The van der Waals surface area contributed by atoms with Gasteiger partial charge >= 0.3 is 0 Å². The van der Waals surface area contributed by atoms with Gasteiger partial charge in [-0.15, -0.1) is 0 Å². The number of fused-ring (bicyclic) bond motifs is 2. The van der Waals surface area contributed by atoms with E-state index >= 15 is 0 Å². The molecule has 0 spiro atoms. The molecule has 8 heteroatoms. The van der Waals surface area contributed by atoms with Crippen molar-refractivity contribution in [2.75, 3.05) is 4.90 Å². The fourth-order valence-corrected chi connectivity index (χ4v) is 5.72. The molecule has 6 rings (SSSR count). The number of thiazole rings is 1. The predicted molar refractivity (Wildman–Crippen MR) is 145 cm³/mol. The Labute approximate surface area is 221 Å². The highest BCUT2D eigenvalue weighted by Gasteiger charge is 2.45. The second-order valence-electron chi connectivity index (χ2n) is 9.06. The van der Waals surface area contributed by atoms with Crippen LogP contribution in [0.5, 0.6) is 5.75 Å². The van der Waals surface area contributed by atoms with Crippen molar-refractivity contribution in [1.82, 2.24) is 4.98 Å². The number of hydrogen-bond acceptors (Lipinski definition) is 7. The molecule has 3 aromatic carbocycles. The molecule has 38 heavy (non-hydrogen) atoms. The Hall–Kier alpha value is -4.56. The van der Waals surface area contributed by atoms with Crippen LogP contribution in [0.25, 0.3) is 11.0 Å². The number of hydrogen-bond donors (Lipinski definition) is 0. The topological polar surface area (TPSA) is 89.7 Å². The second-order valence-corrected chi connectivity index (χ2v) is 10.0. The van der Waals surface area contributed by atoms with Crippen molar-refractivity contribution in [3.05, 3.63) is 122 Å². The van der Waals surface area contributed by atoms with Crippen molar-refractivity contribution in [3.8, 4) is 5.75 Å². The van der Waals surface area contributed by atoms with Gasteiger partial charge in [-0.05, 0) is 42.3 Å². The van der Waals surface area contributed by atoms with Crippen molar-refractivity contribution in [2.45, 2.75) is 26.5 Å². The number of aromatic nitrogens is 1. The molecule has 1 atom stereocenters. The molecule has 5 aromatic rings. The Morgan fingerprint density at radius 3 is 2.42 bits per heavy atom. The molecule has 0 saturated heterocycles. The average molecular weight is 523 g/mol. The van der Waals surface area contributed by atoms with Crippen LogP contribution in [0.4, 0.5) is 5.13 Å². The maximum Gasteiger partial charge on any atom is 0.297 e. The Morgan fingerprint density at radius 1 is 1.00 bits per heavy atom. The molecule has 0 N–H and O–H groups in total. The lowest BCUT2D eigenvalue weighted by atomic mass is 9.98. The maximum atomic E-state index is 13.7. The van der Waals surface area contributed by atoms with Gasteiger partial charge in [0.25, 0.3) is 5.91 Å². The number of ketones is 1. The van der Waals surface area contributed by atoms with E-state index in [9.17, 15) is 14.4 Å². The predicted octanol–water partition coefficient (Wildman–Crippen LogP) is 6.09. The molecule has 188 valence electrons. The summed E-state index contributed by atoms with van der Waals surface area (Å²) >= 11 is 1.13. The minimum Gasteiger partial charge on any atom is -0.489 e. The van der Waals surface area contributed by atoms with Crippen molar-refractivity contribution in [1.29, 1.82) is 0 Å². The van der Waals surface area contributed by atoms with Crippen LogP contribution in [0.3, 0.4) is 0 Å². The van der Waals surface area contributed by atoms with Crippen molar-refractivity contribution in [2.24, 2.45) is 0 Å². The highest BCUT2D eigenvalue weighted by molar-refractivity contribution is 7.17. The van der Waals surface area contributed by atoms with E-state index in [1.54, 1.807) is 31.2 Å². The lowest BCUT2D eigenvalue weighted by Gasteiger charge is -2.22. The fourth-order valence-electron chi connectivity index (χ4n) is 4.73. The summed E-state index contributed by atoms with van der Waals surface area (Å²) in [5.74, 6) is 0.0384. The first-order valence-corrected chi connectivity index (χ1v) is 12.9. The number of carbonyl (C=O) groups is 2. The number of amides is 1. The number of rotatable bonds is 6. The van der Waals surface area contributed by atoms with E-state index in [1.165, 1.54) is 11.8 Å². The SMILES string of the molecule is CC(=O)c1sc(N2C(=O)c3oc4ccccc4c(=O)c3C2c2ccc(OCc3ccccc3)cc2)nc1C. The number of ether oxygens (including phenoxy) is 1. The van der Waals surface area contributed by atoms with Crippen molar-refractivity contribution < 1.29 is 18.7 Å². The first-order valence-electron chi connectivity index (χ1n) is 12.1. The average Bonchev–Trinajstić information content (AvgIpc) is 3.46. The van der Waals surface area contributed by atoms with Crippen LogP contribution in [0, 0.1) is 6.92 Å². The van der Waals surface area contributed by atoms with E-state index in [0.717, 1.165) is 16.9 Å². The summed E-state index contributed by atoms with van der Waals surface area (Å²) in [7, 11) is 0. The molecule has 0 saturated carbocycles. The highest BCUT2D eigenvalue weighted by Crippen LogP contribution is 2.43. The van der Waals surface area contributed by atoms with Gasteiger partial charge in [0.05, 0.1) is 27.6 Å². The largest absolute Gasteiger partial charge is 0.489 e. The van der Waals surface area contributed by atoms with Crippen LogP contribution in [-0.4, -0.2) is 16.7 Å². The molecular weight excluding hydrogens is 500 g/mol. The van der Waals surface area contributed by atoms with Gasteiger partial charge in [-0.3, -0.25) is 19.3 Å². The van der Waals surface area contributed by atoms with Crippen LogP contribution < -0.4 is 15.1 Å². The van der Waals surface area contributed by atoms with Gasteiger partial charge in [0.15, 0.2) is 16.3 Å². The summed E-state index contributed by atoms with van der Waals surface area (Å²) < 4.78 is 11.9. The minimum atomic E-state index is -0.771. The summed E-state index contributed by atoms with van der Waals surface area (Å²) in [5.41, 5.74) is 2.60. The Bertz CT molecular complexity index is 1760. The third-order valence-corrected chi connectivity index (χ3v) is 7.79. The van der Waals surface area contributed by atoms with Crippen LogP contribution >= 0.6 is 11.3 Å². The van der Waals surface area contributed by atoms with Crippen molar-refractivity contribution in [3.63, 3.8) is 0 Å². The fraction of sp³-hybridized carbons (Fsp3) is 0.133. The van der Waals surface area contributed by atoms with E-state index < -0.39 is 11.9 Å². The molecule has 1 unspecified atom stereocenters. The van der Waals surface area contributed by atoms with E-state index in [4.69, 9.17) is 9.15 Å². The monoisotopic (exact) mass is 522 g/mol. The molecule has 7 nitrogen and oxygen atoms in total. The zero-order chi connectivity index (χ0) is 26.4. The Morgan fingerprint density at radius 2 is 1.71 bits per heavy atom. The standard InChI is InChI=1S/C30H22N2O5S/c1-17-28(18(2)33)38-30(31-17)32-25(20-12-14-21(15-13-20)36-16-19-8-4-3-5-9-19)24-26(34)22-10-6-7-11-23(22)37-27(24)29(32)35/h3-15,25H,16H2,1-2H3. The smallest absolute Gasteiger partial charge is 0.297 e. The molecule has 3 heterocycles. The minimum absolute atomic E-state index is 0.0136. The lowest BCUT2D eigenvalue weighted by molar-refractivity contribution is 0.0969. The molecule has 0 bridgehead atoms. The van der Waals surface area contributed by atoms with E-state index in [2.05, 4.69) is 4.98 Å². The molecule has 1 amide bonds. The van der Waals surface area contributed by atoms with Crippen LogP contribution in [-0.2, 0) is 6.61 Å². The lowest BCUT2D eigenvalue weighted by Crippen LogP contribution is -2.29. The quantitative estimate of drug-likeness (QED) is 0.251. The molecule has 0 radical (unpaired) electrons. The van der Waals surface area contributed by atoms with E-state index in [-0.39, 0.29) is 22.5 Å². The van der Waals surface area contributed by atoms with Crippen LogP contribution in [0.2, 0.25) is 0 Å². The number of Topliss-reactive ketones (excluding diaryl/α,β-unsaturated/α-hetero) is 1. The molecule has 0 fully saturated rings. The number of anilines is 1. The van der Waals surface area contributed by atoms with Crippen LogP contribution in [0.15, 0.2) is 88.1 Å². The van der Waals surface area contributed by atoms with Gasteiger partial charge in [0.1, 0.15) is 17.9 Å². The number of aryl methyl sites for hydroxylation is 1. The third kappa shape index (κ3) is 3.99. The molecule has 0 aliphatic carbocycles. The molecule has 2 aromatic heterocycles. The number of carbonyl (C=O) groups excluding carboxylic acids is 2. The third-order valence-electron chi connectivity index (χ3n) is 6.53. The second kappa shape index (κ2) is 9.39. The van der Waals surface area contributed by atoms with Gasteiger partial charge in [-0.1, -0.05) is 65.9 Å². The van der Waals surface area contributed by atoms with Gasteiger partial charge in [-0.25, -0.2) is 4.98 Å². The summed E-state index contributed by atoms with van der Waals surface area (Å²) in [5, 5.41) is 0.732. The normalized spacial score (nSPS) is 14.6. The Kier molecular flexibility index (Phi) is 5.88. The zero-order valence-electron chi connectivity index (χ0n) is 20.6. The van der Waals surface area contributed by atoms with Gasteiger partial charge < -0.3 is 9.15 Å². The van der Waals surface area contributed by atoms with E-state index in [1.807, 2.05) is 54.6 Å². The summed E-state index contributed by atoms with van der Waals surface area (Å²) in [6.07, 6.45) is 0. The van der Waals surface area contributed by atoms with Crippen molar-refractivity contribution >= 4 is 39.1 Å². The zero-order valence-corrected chi connectivity index (χ0v) is 21.5. The first kappa shape index (κ1) is 23.8. The maximum absolute atomic E-state index is 13.7.